The molecule has 0 spiro atoms. The fourth-order valence-electron chi connectivity index (χ4n) is 4.73. The lowest BCUT2D eigenvalue weighted by Gasteiger charge is -2.27. The van der Waals surface area contributed by atoms with Gasteiger partial charge in [0, 0.05) is 19.5 Å². The number of carbonyl (C=O) groups excluding carboxylic acids is 5. The predicted molar refractivity (Wildman–Crippen MR) is 144 cm³/mol. The van der Waals surface area contributed by atoms with Crippen LogP contribution in [0.2, 0.25) is 0 Å². The molecular weight excluding hydrogens is 558 g/mol. The number of carbonyl (C=O) groups is 7. The highest BCUT2D eigenvalue weighted by Crippen LogP contribution is 2.18. The fraction of sp³-hybridized carbons (Fsp3) is 0.720. The van der Waals surface area contributed by atoms with Gasteiger partial charge in [0.05, 0.1) is 25.2 Å². The molecule has 17 heteroatoms. The second-order valence-corrected chi connectivity index (χ2v) is 10.3. The van der Waals surface area contributed by atoms with Crippen LogP contribution in [0.4, 0.5) is 0 Å². The van der Waals surface area contributed by atoms with Crippen LogP contribution in [-0.2, 0) is 33.6 Å². The number of nitrogens with two attached hydrogens (primary N) is 1. The van der Waals surface area contributed by atoms with Crippen LogP contribution >= 0.6 is 0 Å². The van der Waals surface area contributed by atoms with Crippen LogP contribution in [0.3, 0.4) is 0 Å². The van der Waals surface area contributed by atoms with Crippen LogP contribution < -0.4 is 32.3 Å². The number of aliphatic hydroxyl groups excluding tert-OH is 1. The van der Waals surface area contributed by atoms with Crippen molar-refractivity contribution in [3.05, 3.63) is 0 Å². The van der Waals surface area contributed by atoms with Gasteiger partial charge in [0.2, 0.25) is 29.5 Å². The van der Waals surface area contributed by atoms with Crippen molar-refractivity contribution in [3.63, 3.8) is 0 Å². The van der Waals surface area contributed by atoms with Gasteiger partial charge in [-0.3, -0.25) is 28.8 Å². The first-order chi connectivity index (χ1) is 19.9. The summed E-state index contributed by atoms with van der Waals surface area (Å²) in [4.78, 5) is 86.7. The van der Waals surface area contributed by atoms with Gasteiger partial charge in [0.1, 0.15) is 18.1 Å². The lowest BCUT2D eigenvalue weighted by Crippen LogP contribution is -2.55. The van der Waals surface area contributed by atoms with E-state index in [0.717, 1.165) is 0 Å². The normalized spacial score (nSPS) is 21.2. The molecule has 2 aliphatic rings. The molecule has 2 heterocycles. The van der Waals surface area contributed by atoms with E-state index in [1.54, 1.807) is 0 Å². The number of amides is 5. The van der Waals surface area contributed by atoms with Crippen LogP contribution in [0.15, 0.2) is 0 Å². The van der Waals surface area contributed by atoms with Crippen LogP contribution in [-0.4, -0.2) is 125 Å². The monoisotopic (exact) mass is 599 g/mol. The number of hydrogen-bond acceptors (Lipinski definition) is 10. The number of rotatable bonds is 17. The van der Waals surface area contributed by atoms with Crippen molar-refractivity contribution in [2.75, 3.05) is 32.7 Å². The standard InChI is InChI=1S/C25H41N7O10/c26-8-2-1-4-15(22(38)28-12-19(34)30-16(25(41)42)6-7-21(36)37)31-24(40)18-5-3-9-32(18)20(35)13-29-23(39)17-10-14(33)11-27-17/h14-18,27,33H,1-13,26H2,(H,28,38)(H,29,39)(H,30,34)(H,31,40)(H,36,37)(H,41,42)/t14-,15+,16+,17+,18+/m1/s1. The molecule has 5 amide bonds. The smallest absolute Gasteiger partial charge is 0.326 e. The zero-order valence-electron chi connectivity index (χ0n) is 23.3. The quantitative estimate of drug-likeness (QED) is 0.0724. The van der Waals surface area contributed by atoms with Gasteiger partial charge in [-0.25, -0.2) is 4.79 Å². The highest BCUT2D eigenvalue weighted by atomic mass is 16.4. The second-order valence-electron chi connectivity index (χ2n) is 10.3. The Bertz CT molecular complexity index is 1010. The summed E-state index contributed by atoms with van der Waals surface area (Å²) >= 11 is 0. The molecule has 0 aliphatic carbocycles. The Morgan fingerprint density at radius 3 is 2.29 bits per heavy atom. The maximum Gasteiger partial charge on any atom is 0.326 e. The Labute approximate surface area is 242 Å². The highest BCUT2D eigenvalue weighted by molar-refractivity contribution is 5.95. The number of hydrogen-bond donors (Lipinski definition) is 9. The number of β-amino-alcohol motifs (C(OH)–C–C–N with tert-alkyl or cyclic N) is 1. The molecule has 10 N–H and O–H groups in total. The lowest BCUT2D eigenvalue weighted by molar-refractivity contribution is -0.143. The van der Waals surface area contributed by atoms with E-state index in [4.69, 9.17) is 10.8 Å². The molecule has 0 bridgehead atoms. The largest absolute Gasteiger partial charge is 0.481 e. The summed E-state index contributed by atoms with van der Waals surface area (Å²) < 4.78 is 0. The first-order valence-corrected chi connectivity index (χ1v) is 13.9. The molecule has 0 radical (unpaired) electrons. The first kappa shape index (κ1) is 34.4. The Morgan fingerprint density at radius 2 is 1.67 bits per heavy atom. The Kier molecular flexibility index (Phi) is 14.1. The predicted octanol–water partition coefficient (Wildman–Crippen LogP) is -4.02. The van der Waals surface area contributed by atoms with Crippen molar-refractivity contribution in [3.8, 4) is 0 Å². The molecule has 236 valence electrons. The molecule has 2 fully saturated rings. The Hall–Kier alpha value is -3.83. The number of likely N-dealkylation sites (tertiary alicyclic amines) is 1. The van der Waals surface area contributed by atoms with E-state index in [0.29, 0.717) is 32.2 Å². The van der Waals surface area contributed by atoms with Crippen LogP contribution in [0.5, 0.6) is 0 Å². The molecule has 2 aliphatic heterocycles. The molecule has 2 saturated heterocycles. The lowest BCUT2D eigenvalue weighted by atomic mass is 10.1. The number of unbranched alkanes of at least 4 members (excludes halogenated alkanes) is 1. The maximum absolute atomic E-state index is 13.1. The van der Waals surface area contributed by atoms with Crippen LogP contribution in [0, 0.1) is 0 Å². The molecule has 17 nitrogen and oxygen atoms in total. The SMILES string of the molecule is NCCCC[C@H](NC(=O)[C@@H]1CCCN1C(=O)CNC(=O)[C@@H]1C[C@@H](O)CN1)C(=O)NCC(=O)N[C@@H](CCC(=O)O)C(=O)O. The van der Waals surface area contributed by atoms with E-state index < -0.39 is 84.7 Å². The van der Waals surface area contributed by atoms with Gasteiger partial charge < -0.3 is 52.5 Å². The third-order valence-corrected chi connectivity index (χ3v) is 7.00. The summed E-state index contributed by atoms with van der Waals surface area (Å²) in [5.41, 5.74) is 5.54. The number of aliphatic hydroxyl groups is 1. The minimum atomic E-state index is -1.46. The van der Waals surface area contributed by atoms with E-state index in [2.05, 4.69) is 26.6 Å². The molecular formula is C25H41N7O10. The average Bonchev–Trinajstić information content (AvgIpc) is 3.61. The minimum absolute atomic E-state index is 0.184. The summed E-state index contributed by atoms with van der Waals surface area (Å²) in [5.74, 6) is -5.70. The number of carboxylic acids is 2. The van der Waals surface area contributed by atoms with E-state index in [-0.39, 0.29) is 38.9 Å². The summed E-state index contributed by atoms with van der Waals surface area (Å²) in [6.07, 6.45) is 0.859. The Balaban J connectivity index is 1.93. The van der Waals surface area contributed by atoms with Crippen molar-refractivity contribution < 1.29 is 48.9 Å². The molecule has 0 unspecified atom stereocenters. The van der Waals surface area contributed by atoms with E-state index in [1.807, 2.05) is 0 Å². The fourth-order valence-corrected chi connectivity index (χ4v) is 4.73. The number of aliphatic carboxylic acids is 2. The van der Waals surface area contributed by atoms with Gasteiger partial charge in [-0.2, -0.15) is 0 Å². The second kappa shape index (κ2) is 17.2. The molecule has 2 rings (SSSR count). The van der Waals surface area contributed by atoms with Crippen molar-refractivity contribution in [2.45, 2.75) is 81.6 Å². The van der Waals surface area contributed by atoms with Crippen molar-refractivity contribution in [1.82, 2.24) is 31.5 Å². The van der Waals surface area contributed by atoms with Crippen LogP contribution in [0.1, 0.15) is 51.4 Å². The molecule has 42 heavy (non-hydrogen) atoms. The number of carboxylic acid groups (broad SMARTS) is 2. The van der Waals surface area contributed by atoms with Crippen LogP contribution in [0.25, 0.3) is 0 Å². The van der Waals surface area contributed by atoms with Crippen molar-refractivity contribution in [1.29, 1.82) is 0 Å². The molecule has 0 aromatic heterocycles. The summed E-state index contributed by atoms with van der Waals surface area (Å²) in [6, 6.07) is -4.02. The summed E-state index contributed by atoms with van der Waals surface area (Å²) in [7, 11) is 0. The molecule has 0 saturated carbocycles. The van der Waals surface area contributed by atoms with Crippen molar-refractivity contribution >= 4 is 41.5 Å². The van der Waals surface area contributed by atoms with Gasteiger partial charge in [0.15, 0.2) is 0 Å². The van der Waals surface area contributed by atoms with Gasteiger partial charge in [-0.15, -0.1) is 0 Å². The number of nitrogens with zero attached hydrogens (tertiary/aromatic N) is 1. The van der Waals surface area contributed by atoms with Gasteiger partial charge in [0.25, 0.3) is 0 Å². The average molecular weight is 600 g/mol. The summed E-state index contributed by atoms with van der Waals surface area (Å²) in [6.45, 7) is -0.0376. The van der Waals surface area contributed by atoms with E-state index in [1.165, 1.54) is 4.90 Å². The van der Waals surface area contributed by atoms with Gasteiger partial charge in [-0.05, 0) is 51.5 Å². The third kappa shape index (κ3) is 11.2. The first-order valence-electron chi connectivity index (χ1n) is 13.9. The topological polar surface area (TPSA) is 270 Å². The maximum atomic E-state index is 13.1. The van der Waals surface area contributed by atoms with Gasteiger partial charge in [-0.1, -0.05) is 0 Å². The van der Waals surface area contributed by atoms with E-state index in [9.17, 15) is 43.8 Å². The zero-order chi connectivity index (χ0) is 31.2. The molecule has 0 aromatic rings. The number of nitrogens with one attached hydrogen (secondary N) is 5. The molecule has 5 atom stereocenters. The van der Waals surface area contributed by atoms with E-state index >= 15 is 0 Å². The third-order valence-electron chi connectivity index (χ3n) is 7.00. The van der Waals surface area contributed by atoms with Crippen molar-refractivity contribution in [2.24, 2.45) is 5.73 Å². The zero-order valence-corrected chi connectivity index (χ0v) is 23.3. The highest BCUT2D eigenvalue weighted by Gasteiger charge is 2.36. The van der Waals surface area contributed by atoms with Gasteiger partial charge >= 0.3 is 11.9 Å². The minimum Gasteiger partial charge on any atom is -0.481 e. The Morgan fingerprint density at radius 1 is 0.929 bits per heavy atom. The summed E-state index contributed by atoms with van der Waals surface area (Å²) in [5, 5.41) is 40.0. The molecule has 0 aromatic carbocycles.